The number of nitrogens with zero attached hydrogens (tertiary/aromatic N) is 1. The first-order valence-electron chi connectivity index (χ1n) is 12.9. The van der Waals surface area contributed by atoms with Gasteiger partial charge in [-0.05, 0) is 51.3 Å². The highest BCUT2D eigenvalue weighted by molar-refractivity contribution is 6.03. The quantitative estimate of drug-likeness (QED) is 0.321. The molecule has 1 aromatic heterocycles. The number of aryl methyl sites for hydroxylation is 2. The zero-order valence-corrected chi connectivity index (χ0v) is 24.4. The Balaban J connectivity index is 0.00000274. The zero-order chi connectivity index (χ0) is 27.7. The van der Waals surface area contributed by atoms with Gasteiger partial charge in [0.15, 0.2) is 0 Å². The number of amides is 1. The molecule has 0 saturated heterocycles. The molecule has 0 unspecified atom stereocenters. The fourth-order valence-corrected chi connectivity index (χ4v) is 3.72. The summed E-state index contributed by atoms with van der Waals surface area (Å²) in [6, 6.07) is 3.87. The molecule has 1 amide bonds. The molecule has 2 rings (SSSR count). The molecule has 0 bridgehead atoms. The topological polar surface area (TPSA) is 84.2 Å². The zero-order valence-electron chi connectivity index (χ0n) is 24.4. The lowest BCUT2D eigenvalue weighted by Gasteiger charge is -2.21. The Hall–Kier alpha value is -2.63. The fraction of sp³-hybridized carbons (Fsp3) is 0.621. The van der Waals surface area contributed by atoms with Crippen molar-refractivity contribution in [3.63, 3.8) is 0 Å². The maximum absolute atomic E-state index is 12.6. The van der Waals surface area contributed by atoms with E-state index < -0.39 is 11.0 Å². The molecule has 2 N–H and O–H groups in total. The first kappa shape index (κ1) is 32.4. The van der Waals surface area contributed by atoms with E-state index in [-0.39, 0.29) is 24.2 Å². The first-order chi connectivity index (χ1) is 16.2. The van der Waals surface area contributed by atoms with E-state index in [1.807, 2.05) is 81.4 Å². The number of carbonyl (C=O) groups is 2. The summed E-state index contributed by atoms with van der Waals surface area (Å²) < 4.78 is 7.64. The summed E-state index contributed by atoms with van der Waals surface area (Å²) in [6.07, 6.45) is 1.53. The van der Waals surface area contributed by atoms with E-state index in [1.54, 1.807) is 0 Å². The van der Waals surface area contributed by atoms with Gasteiger partial charge in [-0.1, -0.05) is 62.3 Å². The van der Waals surface area contributed by atoms with Crippen molar-refractivity contribution >= 4 is 34.7 Å². The predicted molar refractivity (Wildman–Crippen MR) is 150 cm³/mol. The van der Waals surface area contributed by atoms with Crippen LogP contribution in [0.15, 0.2) is 12.1 Å². The van der Waals surface area contributed by atoms with Crippen LogP contribution in [-0.4, -0.2) is 28.3 Å². The van der Waals surface area contributed by atoms with Crippen molar-refractivity contribution in [1.82, 2.24) is 4.57 Å². The van der Waals surface area contributed by atoms with Gasteiger partial charge in [-0.15, -0.1) is 0 Å². The number of carbonyl (C=O) groups excluding carboxylic acids is 2. The average Bonchev–Trinajstić information content (AvgIpc) is 3.03. The molecule has 0 aliphatic carbocycles. The Morgan fingerprint density at radius 3 is 2.03 bits per heavy atom. The highest BCUT2D eigenvalue weighted by Gasteiger charge is 2.24. The van der Waals surface area contributed by atoms with E-state index in [1.165, 1.54) is 6.21 Å². The number of fused-ring (bicyclic) bond motifs is 1. The highest BCUT2D eigenvalue weighted by atomic mass is 16.6. The molecule has 198 valence electrons. The number of benzene rings is 1. The normalized spacial score (nSPS) is 11.3. The van der Waals surface area contributed by atoms with Crippen LogP contribution in [-0.2, 0) is 20.9 Å². The smallest absolute Gasteiger partial charge is 0.308 e. The standard InChI is InChI=1S/C25H37N3O3.2C2H6/c1-15(2)22-16(3)18-12-17(14-26)19(27-23(30)24(4,5)6)13-20(18)28(22)11-10-21(29)31-25(7,8)9;2*1-2/h12-15,26H,10-11H2,1-9H3,(H,27,30);2*1-2H3. The SMILES string of the molecule is CC.CC.Cc1c(C(C)C)n(CCC(=O)OC(C)(C)C)c2cc(NC(=O)C(C)(C)C)c(C=N)cc12. The van der Waals surface area contributed by atoms with Crippen molar-refractivity contribution in [3.05, 3.63) is 29.0 Å². The Kier molecular flexibility index (Phi) is 12.4. The van der Waals surface area contributed by atoms with Crippen LogP contribution in [0, 0.1) is 17.7 Å². The summed E-state index contributed by atoms with van der Waals surface area (Å²) in [5.74, 6) is -0.0937. The minimum Gasteiger partial charge on any atom is -0.460 e. The Labute approximate surface area is 213 Å². The van der Waals surface area contributed by atoms with Crippen LogP contribution in [0.25, 0.3) is 10.9 Å². The van der Waals surface area contributed by atoms with Gasteiger partial charge >= 0.3 is 5.97 Å². The van der Waals surface area contributed by atoms with Crippen molar-refractivity contribution in [1.29, 1.82) is 5.41 Å². The molecule has 0 spiro atoms. The number of hydrogen-bond acceptors (Lipinski definition) is 4. The van der Waals surface area contributed by atoms with Gasteiger partial charge in [-0.25, -0.2) is 0 Å². The lowest BCUT2D eigenvalue weighted by molar-refractivity contribution is -0.155. The van der Waals surface area contributed by atoms with Gasteiger partial charge in [0.05, 0.1) is 17.6 Å². The molecule has 0 atom stereocenters. The Bertz CT molecular complexity index is 1000. The second-order valence-corrected chi connectivity index (χ2v) is 10.5. The van der Waals surface area contributed by atoms with Crippen LogP contribution in [0.1, 0.15) is 112 Å². The second kappa shape index (κ2) is 13.5. The van der Waals surface area contributed by atoms with Gasteiger partial charge in [0.25, 0.3) is 0 Å². The summed E-state index contributed by atoms with van der Waals surface area (Å²) in [5.41, 5.74) is 3.42. The van der Waals surface area contributed by atoms with Crippen molar-refractivity contribution in [2.45, 2.75) is 114 Å². The van der Waals surface area contributed by atoms with Crippen LogP contribution < -0.4 is 5.32 Å². The predicted octanol–water partition coefficient (Wildman–Crippen LogP) is 7.84. The number of ether oxygens (including phenoxy) is 1. The van der Waals surface area contributed by atoms with E-state index >= 15 is 0 Å². The molecule has 6 nitrogen and oxygen atoms in total. The van der Waals surface area contributed by atoms with Gasteiger partial charge in [-0.3, -0.25) is 9.59 Å². The third-order valence-corrected chi connectivity index (χ3v) is 5.13. The molecule has 6 heteroatoms. The molecular weight excluding hydrogens is 438 g/mol. The Morgan fingerprint density at radius 1 is 1.06 bits per heavy atom. The summed E-state index contributed by atoms with van der Waals surface area (Å²) in [6.45, 7) is 26.0. The third-order valence-electron chi connectivity index (χ3n) is 5.13. The molecule has 0 fully saturated rings. The van der Waals surface area contributed by atoms with Crippen LogP contribution in [0.4, 0.5) is 5.69 Å². The second-order valence-electron chi connectivity index (χ2n) is 10.5. The molecule has 0 aliphatic heterocycles. The monoisotopic (exact) mass is 487 g/mol. The lowest BCUT2D eigenvalue weighted by atomic mass is 9.95. The van der Waals surface area contributed by atoms with E-state index in [2.05, 4.69) is 30.7 Å². The number of anilines is 1. The fourth-order valence-electron chi connectivity index (χ4n) is 3.72. The number of nitrogens with one attached hydrogen (secondary N) is 2. The summed E-state index contributed by atoms with van der Waals surface area (Å²) in [4.78, 5) is 25.0. The summed E-state index contributed by atoms with van der Waals surface area (Å²) in [7, 11) is 0. The number of rotatable bonds is 6. The van der Waals surface area contributed by atoms with Gasteiger partial charge in [0, 0.05) is 34.8 Å². The third kappa shape index (κ3) is 8.83. The van der Waals surface area contributed by atoms with Crippen LogP contribution >= 0.6 is 0 Å². The first-order valence-corrected chi connectivity index (χ1v) is 12.9. The molecule has 35 heavy (non-hydrogen) atoms. The molecule has 1 aromatic carbocycles. The minimum atomic E-state index is -0.550. The highest BCUT2D eigenvalue weighted by Crippen LogP contribution is 2.34. The van der Waals surface area contributed by atoms with Crippen molar-refractivity contribution in [2.75, 3.05) is 5.32 Å². The van der Waals surface area contributed by atoms with E-state index in [0.717, 1.165) is 22.2 Å². The lowest BCUT2D eigenvalue weighted by Crippen LogP contribution is -2.28. The van der Waals surface area contributed by atoms with E-state index in [0.29, 0.717) is 17.8 Å². The van der Waals surface area contributed by atoms with Crippen LogP contribution in [0.5, 0.6) is 0 Å². The number of esters is 1. The van der Waals surface area contributed by atoms with Gasteiger partial charge < -0.3 is 20.0 Å². The molecule has 0 aliphatic rings. The number of hydrogen-bond donors (Lipinski definition) is 2. The largest absolute Gasteiger partial charge is 0.460 e. The molecule has 2 aromatic rings. The average molecular weight is 488 g/mol. The van der Waals surface area contributed by atoms with Gasteiger partial charge in [0.1, 0.15) is 5.60 Å². The molecule has 1 heterocycles. The van der Waals surface area contributed by atoms with Gasteiger partial charge in [-0.2, -0.15) is 0 Å². The molecular formula is C29H49N3O3. The summed E-state index contributed by atoms with van der Waals surface area (Å²) in [5, 5.41) is 11.9. The maximum Gasteiger partial charge on any atom is 0.308 e. The van der Waals surface area contributed by atoms with Crippen molar-refractivity contribution in [2.24, 2.45) is 5.41 Å². The Morgan fingerprint density at radius 2 is 1.60 bits per heavy atom. The molecule has 0 saturated carbocycles. The van der Waals surface area contributed by atoms with E-state index in [9.17, 15) is 9.59 Å². The summed E-state index contributed by atoms with van der Waals surface area (Å²) >= 11 is 0. The minimum absolute atomic E-state index is 0.109. The maximum atomic E-state index is 12.6. The van der Waals surface area contributed by atoms with Crippen LogP contribution in [0.2, 0.25) is 0 Å². The van der Waals surface area contributed by atoms with Gasteiger partial charge in [0.2, 0.25) is 5.91 Å². The van der Waals surface area contributed by atoms with E-state index in [4.69, 9.17) is 10.1 Å². The number of aromatic nitrogens is 1. The van der Waals surface area contributed by atoms with Crippen LogP contribution in [0.3, 0.4) is 0 Å². The van der Waals surface area contributed by atoms with Crippen molar-refractivity contribution < 1.29 is 14.3 Å². The van der Waals surface area contributed by atoms with Crippen molar-refractivity contribution in [3.8, 4) is 0 Å². The molecule has 0 radical (unpaired) electrons.